The summed E-state index contributed by atoms with van der Waals surface area (Å²) in [6, 6.07) is 13.1. The lowest BCUT2D eigenvalue weighted by Crippen LogP contribution is -2.52. The van der Waals surface area contributed by atoms with Gasteiger partial charge < -0.3 is 51.1 Å². The van der Waals surface area contributed by atoms with Crippen LogP contribution in [-0.2, 0) is 44.8 Å². The molecular weight excluding hydrogens is 1190 g/mol. The first-order chi connectivity index (χ1) is 44.1. The average molecular weight is 1290 g/mol. The van der Waals surface area contributed by atoms with Crippen LogP contribution in [-0.4, -0.2) is 259 Å². The Labute approximate surface area is 537 Å². The number of carboxylic acid groups (broad SMARTS) is 3. The molecule has 3 aliphatic rings. The van der Waals surface area contributed by atoms with Gasteiger partial charge in [-0.1, -0.05) is 42.7 Å². The Morgan fingerprint density at radius 3 is 1.92 bits per heavy atom. The van der Waals surface area contributed by atoms with E-state index in [1.165, 1.54) is 25.5 Å². The first kappa shape index (κ1) is 73.3. The van der Waals surface area contributed by atoms with Crippen molar-refractivity contribution in [1.82, 2.24) is 55.7 Å². The van der Waals surface area contributed by atoms with Crippen molar-refractivity contribution in [2.45, 2.75) is 121 Å². The van der Waals surface area contributed by atoms with Gasteiger partial charge in [-0.05, 0) is 107 Å². The van der Waals surface area contributed by atoms with Crippen molar-refractivity contribution < 1.29 is 72.0 Å². The number of piperidine rings is 1. The Hall–Kier alpha value is -7.75. The van der Waals surface area contributed by atoms with E-state index in [9.17, 15) is 67.3 Å². The van der Waals surface area contributed by atoms with Gasteiger partial charge >= 0.3 is 17.9 Å². The van der Waals surface area contributed by atoms with Crippen molar-refractivity contribution in [3.05, 3.63) is 71.4 Å². The summed E-state index contributed by atoms with van der Waals surface area (Å²) in [7, 11) is 1.45. The maximum atomic E-state index is 14.1. The van der Waals surface area contributed by atoms with E-state index in [1.807, 2.05) is 36.1 Å². The number of fused-ring (bicyclic) bond motifs is 1. The number of aromatic nitrogens is 1. The highest BCUT2D eigenvalue weighted by molar-refractivity contribution is 6.07. The summed E-state index contributed by atoms with van der Waals surface area (Å²) < 4.78 is 34.3. The van der Waals surface area contributed by atoms with Gasteiger partial charge in [-0.15, -0.1) is 0 Å². The standard InChI is InChI=1S/C65H94F2N12O13/c1-47-15-17-48(18-16-47)11-8-13-56(80)70-25-9-12-55(73-57(81)42-74-29-31-75(43-60(84)85)33-35-77(45-62(88)89)36-34-76(32-30-74)44-61(86)87)64(91)71-24-6-3-4-14-58(82)78-27-22-49(23-28-78)10-5-7-37-92-51-19-20-54-53(38-51)52(21-26-69-54)63(90)72-41-59(83)79-46-65(66,67)39-50(79)40-68-2/h15-21,26,38,40,49-50,55H,3-14,22-25,27-37,39,41-46H2,1-2H3,(H,70,80)(H,71,91)(H,72,90)(H,73,81)(H,84,85)(H,86,87)(H,88,89)/b68-40+/t50-,55+/m1/s1. The molecule has 6 rings (SSSR count). The highest BCUT2D eigenvalue weighted by atomic mass is 19.3. The van der Waals surface area contributed by atoms with Gasteiger partial charge in [0.05, 0.1) is 63.0 Å². The van der Waals surface area contributed by atoms with E-state index in [0.29, 0.717) is 93.8 Å². The number of carbonyl (C=O) groups is 9. The second-order valence-electron chi connectivity index (χ2n) is 24.3. The minimum absolute atomic E-state index is 0.0935. The minimum atomic E-state index is -3.04. The number of aryl methyl sites for hydroxylation is 2. The quantitative estimate of drug-likeness (QED) is 0.0332. The molecule has 3 fully saturated rings. The number of carboxylic acids is 3. The maximum Gasteiger partial charge on any atom is 0.317 e. The molecule has 2 atom stereocenters. The SMILES string of the molecule is C/N=C/[C@H]1CC(F)(F)CN1C(=O)CNC(=O)c1ccnc2ccc(OCCCCC3CCN(C(=O)CCCCCNC(=O)[C@H](CCCNC(=O)CCCc4ccc(C)cc4)NC(=O)CN4CCN(CC(=O)O)CCN(CC(=O)O)CCN(CC(=O)O)CC4)CC3)cc12. The summed E-state index contributed by atoms with van der Waals surface area (Å²) in [4.78, 5) is 133. The Bertz CT molecular complexity index is 2920. The van der Waals surface area contributed by atoms with Gasteiger partial charge in [-0.25, -0.2) is 8.78 Å². The van der Waals surface area contributed by atoms with Gasteiger partial charge in [0, 0.05) is 123 Å². The molecule has 506 valence electrons. The number of ether oxygens (including phenoxy) is 1. The number of aliphatic carboxylic acids is 3. The lowest BCUT2D eigenvalue weighted by Gasteiger charge is -2.33. The van der Waals surface area contributed by atoms with Gasteiger partial charge in [-0.3, -0.25) is 72.7 Å². The number of nitrogens with one attached hydrogen (secondary N) is 4. The second-order valence-corrected chi connectivity index (χ2v) is 24.3. The summed E-state index contributed by atoms with van der Waals surface area (Å²) in [6.07, 6.45) is 11.4. The molecule has 2 aromatic carbocycles. The van der Waals surface area contributed by atoms with E-state index in [-0.39, 0.29) is 109 Å². The number of unbranched alkanes of at least 4 members (excludes halogenated alkanes) is 3. The average Bonchev–Trinajstić information content (AvgIpc) is 1.31. The van der Waals surface area contributed by atoms with Crippen molar-refractivity contribution in [3.8, 4) is 5.75 Å². The summed E-state index contributed by atoms with van der Waals surface area (Å²) in [5.41, 5.74) is 3.12. The predicted molar refractivity (Wildman–Crippen MR) is 341 cm³/mol. The zero-order chi connectivity index (χ0) is 66.4. The molecule has 0 radical (unpaired) electrons. The lowest BCUT2D eigenvalue weighted by atomic mass is 9.91. The van der Waals surface area contributed by atoms with E-state index in [4.69, 9.17) is 4.74 Å². The first-order valence-electron chi connectivity index (χ1n) is 32.2. The number of hydrogen-bond acceptors (Lipinski definition) is 16. The highest BCUT2D eigenvalue weighted by Crippen LogP contribution is 2.32. The van der Waals surface area contributed by atoms with Crippen LogP contribution in [0.25, 0.3) is 10.9 Å². The van der Waals surface area contributed by atoms with Crippen LogP contribution in [0.15, 0.2) is 59.7 Å². The van der Waals surface area contributed by atoms with Crippen molar-refractivity contribution in [2.75, 3.05) is 131 Å². The number of hydrogen-bond donors (Lipinski definition) is 7. The van der Waals surface area contributed by atoms with Crippen LogP contribution >= 0.6 is 0 Å². The van der Waals surface area contributed by atoms with E-state index in [2.05, 4.69) is 31.2 Å². The molecule has 3 aromatic rings. The molecule has 6 amide bonds. The molecule has 0 unspecified atom stereocenters. The number of rotatable bonds is 34. The van der Waals surface area contributed by atoms with Crippen molar-refractivity contribution in [2.24, 2.45) is 10.9 Å². The third kappa shape index (κ3) is 26.5. The Morgan fingerprint density at radius 1 is 0.685 bits per heavy atom. The molecule has 4 heterocycles. The molecular formula is C65H94F2N12O13. The fraction of sp³-hybridized carbons (Fsp3) is 0.615. The first-order valence-corrected chi connectivity index (χ1v) is 32.2. The molecule has 0 spiro atoms. The molecule has 25 nitrogen and oxygen atoms in total. The van der Waals surface area contributed by atoms with Gasteiger partial charge in [0.25, 0.3) is 11.8 Å². The van der Waals surface area contributed by atoms with Crippen molar-refractivity contribution in [3.63, 3.8) is 0 Å². The summed E-state index contributed by atoms with van der Waals surface area (Å²) in [6.45, 7) is 3.85. The number of carbonyl (C=O) groups excluding carboxylic acids is 6. The second kappa shape index (κ2) is 38.3. The normalized spacial score (nSPS) is 17.8. The van der Waals surface area contributed by atoms with Crippen LogP contribution in [0.5, 0.6) is 5.75 Å². The number of nitrogens with zero attached hydrogens (tertiary/aromatic N) is 8. The van der Waals surface area contributed by atoms with Gasteiger partial charge in [0.1, 0.15) is 11.8 Å². The van der Waals surface area contributed by atoms with Gasteiger partial charge in [0.15, 0.2) is 0 Å². The minimum Gasteiger partial charge on any atom is -0.494 e. The molecule has 1 aromatic heterocycles. The molecule has 92 heavy (non-hydrogen) atoms. The van der Waals surface area contributed by atoms with Crippen LogP contribution < -0.4 is 26.0 Å². The third-order valence-corrected chi connectivity index (χ3v) is 16.9. The van der Waals surface area contributed by atoms with Crippen LogP contribution in [0.2, 0.25) is 0 Å². The fourth-order valence-electron chi connectivity index (χ4n) is 11.8. The van der Waals surface area contributed by atoms with Crippen molar-refractivity contribution in [1.29, 1.82) is 0 Å². The smallest absolute Gasteiger partial charge is 0.317 e. The van der Waals surface area contributed by atoms with Crippen LogP contribution in [0, 0.1) is 12.8 Å². The largest absolute Gasteiger partial charge is 0.494 e. The van der Waals surface area contributed by atoms with Gasteiger partial charge in [-0.2, -0.15) is 0 Å². The van der Waals surface area contributed by atoms with Crippen LogP contribution in [0.4, 0.5) is 8.78 Å². The Kier molecular flexibility index (Phi) is 30.5. The number of alkyl halides is 2. The Balaban J connectivity index is 0.909. The van der Waals surface area contributed by atoms with Crippen molar-refractivity contribution >= 4 is 70.5 Å². The van der Waals surface area contributed by atoms with Crippen LogP contribution in [0.3, 0.4) is 0 Å². The molecule has 0 saturated carbocycles. The fourth-order valence-corrected chi connectivity index (χ4v) is 11.8. The molecule has 0 aliphatic carbocycles. The zero-order valence-electron chi connectivity index (χ0n) is 53.3. The number of likely N-dealkylation sites (tertiary alicyclic amines) is 2. The maximum absolute atomic E-state index is 14.1. The third-order valence-electron chi connectivity index (χ3n) is 16.9. The molecule has 27 heteroatoms. The Morgan fingerprint density at radius 2 is 1.30 bits per heavy atom. The number of halogens is 2. The number of amides is 6. The van der Waals surface area contributed by atoms with E-state index >= 15 is 0 Å². The number of aliphatic imine (C=N–C) groups is 1. The highest BCUT2D eigenvalue weighted by Gasteiger charge is 2.46. The van der Waals surface area contributed by atoms with Gasteiger partial charge in [0.2, 0.25) is 29.5 Å². The molecule has 7 N–H and O–H groups in total. The molecule has 0 bridgehead atoms. The summed E-state index contributed by atoms with van der Waals surface area (Å²) in [5, 5.41) is 40.7. The lowest BCUT2D eigenvalue weighted by molar-refractivity contribution is -0.140. The summed E-state index contributed by atoms with van der Waals surface area (Å²) in [5.74, 6) is -7.32. The van der Waals surface area contributed by atoms with Crippen LogP contribution in [0.1, 0.15) is 111 Å². The van der Waals surface area contributed by atoms with E-state index in [0.717, 1.165) is 54.6 Å². The number of benzene rings is 2. The molecule has 3 aliphatic heterocycles. The molecule has 3 saturated heterocycles. The van der Waals surface area contributed by atoms with E-state index in [1.54, 1.807) is 37.8 Å². The number of pyridine rings is 1. The summed E-state index contributed by atoms with van der Waals surface area (Å²) >= 11 is 0. The van der Waals surface area contributed by atoms with E-state index < -0.39 is 79.1 Å². The zero-order valence-corrected chi connectivity index (χ0v) is 53.3. The topological polar surface area (TPSA) is 316 Å². The monoisotopic (exact) mass is 1290 g/mol. The predicted octanol–water partition coefficient (Wildman–Crippen LogP) is 3.55.